The zero-order valence-electron chi connectivity index (χ0n) is 16.8. The van der Waals surface area contributed by atoms with Gasteiger partial charge in [-0.1, -0.05) is 96.8 Å². The van der Waals surface area contributed by atoms with E-state index in [9.17, 15) is 4.79 Å². The SMILES string of the molecule is CCCCCCCCCCCCCCCCCC(=O)NCCNCO. The first-order valence-electron chi connectivity index (χ1n) is 10.9. The van der Waals surface area contributed by atoms with E-state index < -0.39 is 0 Å². The molecule has 3 N–H and O–H groups in total. The van der Waals surface area contributed by atoms with Crippen molar-refractivity contribution in [2.24, 2.45) is 0 Å². The van der Waals surface area contributed by atoms with Gasteiger partial charge in [0.1, 0.15) is 0 Å². The van der Waals surface area contributed by atoms with E-state index in [1.807, 2.05) is 0 Å². The maximum absolute atomic E-state index is 11.5. The number of hydrogen-bond donors (Lipinski definition) is 3. The highest BCUT2D eigenvalue weighted by molar-refractivity contribution is 5.75. The summed E-state index contributed by atoms with van der Waals surface area (Å²) >= 11 is 0. The van der Waals surface area contributed by atoms with Crippen LogP contribution in [-0.4, -0.2) is 30.8 Å². The summed E-state index contributed by atoms with van der Waals surface area (Å²) in [5.74, 6) is 0.134. The van der Waals surface area contributed by atoms with Gasteiger partial charge in [0.2, 0.25) is 5.91 Å². The first-order valence-corrected chi connectivity index (χ1v) is 10.9. The van der Waals surface area contributed by atoms with Gasteiger partial charge < -0.3 is 10.4 Å². The Morgan fingerprint density at radius 3 is 1.56 bits per heavy atom. The molecule has 0 heterocycles. The summed E-state index contributed by atoms with van der Waals surface area (Å²) in [6, 6.07) is 0. The molecule has 150 valence electrons. The molecule has 0 unspecified atom stereocenters. The lowest BCUT2D eigenvalue weighted by Gasteiger charge is -2.05. The number of carbonyl (C=O) groups excluding carboxylic acids is 1. The Hall–Kier alpha value is -0.610. The maximum atomic E-state index is 11.5. The van der Waals surface area contributed by atoms with Crippen molar-refractivity contribution in [2.45, 2.75) is 110 Å². The minimum atomic E-state index is -0.0328. The fraction of sp³-hybridized carbons (Fsp3) is 0.952. The van der Waals surface area contributed by atoms with E-state index in [2.05, 4.69) is 17.6 Å². The Balaban J connectivity index is 3.08. The number of aliphatic hydroxyl groups excluding tert-OH is 1. The monoisotopic (exact) mass is 356 g/mol. The number of unbranched alkanes of at least 4 members (excludes halogenated alkanes) is 14. The van der Waals surface area contributed by atoms with Crippen molar-refractivity contribution in [3.63, 3.8) is 0 Å². The lowest BCUT2D eigenvalue weighted by molar-refractivity contribution is -0.121. The first kappa shape index (κ1) is 24.4. The van der Waals surface area contributed by atoms with Crippen LogP contribution in [-0.2, 0) is 4.79 Å². The summed E-state index contributed by atoms with van der Waals surface area (Å²) < 4.78 is 0. The molecule has 0 aliphatic heterocycles. The third-order valence-corrected chi connectivity index (χ3v) is 4.74. The Bertz CT molecular complexity index is 273. The molecule has 0 spiro atoms. The van der Waals surface area contributed by atoms with Crippen LogP contribution in [0.5, 0.6) is 0 Å². The fourth-order valence-corrected chi connectivity index (χ4v) is 3.11. The summed E-state index contributed by atoms with van der Waals surface area (Å²) in [4.78, 5) is 11.5. The molecule has 4 heteroatoms. The molecule has 0 fully saturated rings. The van der Waals surface area contributed by atoms with Crippen LogP contribution < -0.4 is 10.6 Å². The van der Waals surface area contributed by atoms with Crippen LogP contribution in [0, 0.1) is 0 Å². The number of carbonyl (C=O) groups is 1. The summed E-state index contributed by atoms with van der Waals surface area (Å²) in [6.45, 7) is 3.46. The van der Waals surface area contributed by atoms with Gasteiger partial charge in [0.25, 0.3) is 0 Å². The maximum Gasteiger partial charge on any atom is 0.220 e. The highest BCUT2D eigenvalue weighted by atomic mass is 16.3. The molecule has 4 nitrogen and oxygen atoms in total. The third-order valence-electron chi connectivity index (χ3n) is 4.74. The normalized spacial score (nSPS) is 11.0. The van der Waals surface area contributed by atoms with Crippen molar-refractivity contribution >= 4 is 5.91 Å². The van der Waals surface area contributed by atoms with Crippen molar-refractivity contribution in [3.8, 4) is 0 Å². The van der Waals surface area contributed by atoms with Gasteiger partial charge in [-0.15, -0.1) is 0 Å². The van der Waals surface area contributed by atoms with E-state index in [-0.39, 0.29) is 12.6 Å². The Labute approximate surface area is 156 Å². The molecule has 0 saturated heterocycles. The molecule has 0 radical (unpaired) electrons. The van der Waals surface area contributed by atoms with Crippen LogP contribution in [0.1, 0.15) is 110 Å². The van der Waals surface area contributed by atoms with Gasteiger partial charge in [-0.2, -0.15) is 0 Å². The standard InChI is InChI=1S/C21H44N2O2/c1-2-3-4-5-6-7-8-9-10-11-12-13-14-15-16-17-21(25)23-19-18-22-20-24/h22,24H,2-20H2,1H3,(H,23,25). The van der Waals surface area contributed by atoms with Gasteiger partial charge >= 0.3 is 0 Å². The van der Waals surface area contributed by atoms with Crippen molar-refractivity contribution in [1.29, 1.82) is 0 Å². The predicted octanol–water partition coefficient (Wildman–Crippen LogP) is 4.90. The summed E-state index contributed by atoms with van der Waals surface area (Å²) in [5, 5.41) is 14.2. The predicted molar refractivity (Wildman–Crippen MR) is 108 cm³/mol. The van der Waals surface area contributed by atoms with Gasteiger partial charge in [0.15, 0.2) is 0 Å². The average Bonchev–Trinajstić information content (AvgIpc) is 2.62. The average molecular weight is 357 g/mol. The van der Waals surface area contributed by atoms with E-state index in [0.717, 1.165) is 6.42 Å². The third kappa shape index (κ3) is 21.3. The van der Waals surface area contributed by atoms with E-state index in [4.69, 9.17) is 5.11 Å². The Morgan fingerprint density at radius 1 is 0.680 bits per heavy atom. The number of nitrogens with one attached hydrogen (secondary N) is 2. The molecule has 0 aromatic heterocycles. The van der Waals surface area contributed by atoms with Crippen LogP contribution in [0.25, 0.3) is 0 Å². The van der Waals surface area contributed by atoms with Crippen LogP contribution in [0.3, 0.4) is 0 Å². The largest absolute Gasteiger partial charge is 0.381 e. The fourth-order valence-electron chi connectivity index (χ4n) is 3.11. The van der Waals surface area contributed by atoms with Gasteiger partial charge in [0.05, 0.1) is 6.73 Å². The van der Waals surface area contributed by atoms with E-state index in [1.54, 1.807) is 0 Å². The Kier molecular flexibility index (Phi) is 20.9. The molecule has 25 heavy (non-hydrogen) atoms. The summed E-state index contributed by atoms with van der Waals surface area (Å²) in [5.41, 5.74) is 0. The van der Waals surface area contributed by atoms with Crippen LogP contribution in [0.4, 0.5) is 0 Å². The minimum Gasteiger partial charge on any atom is -0.381 e. The molecule has 0 aliphatic carbocycles. The molecule has 0 aromatic carbocycles. The minimum absolute atomic E-state index is 0.0328. The molecule has 1 amide bonds. The summed E-state index contributed by atoms with van der Waals surface area (Å²) in [6.07, 6.45) is 20.8. The molecule has 0 rings (SSSR count). The highest BCUT2D eigenvalue weighted by Gasteiger charge is 2.00. The molecule has 0 saturated carbocycles. The summed E-state index contributed by atoms with van der Waals surface area (Å²) in [7, 11) is 0. The Morgan fingerprint density at radius 2 is 1.12 bits per heavy atom. The molecular weight excluding hydrogens is 312 g/mol. The zero-order valence-corrected chi connectivity index (χ0v) is 16.8. The molecule has 0 aromatic rings. The molecule has 0 bridgehead atoms. The topological polar surface area (TPSA) is 61.4 Å². The van der Waals surface area contributed by atoms with Gasteiger partial charge in [-0.25, -0.2) is 0 Å². The van der Waals surface area contributed by atoms with Gasteiger partial charge in [-0.05, 0) is 6.42 Å². The van der Waals surface area contributed by atoms with E-state index in [1.165, 1.54) is 89.9 Å². The molecular formula is C21H44N2O2. The van der Waals surface area contributed by atoms with E-state index in [0.29, 0.717) is 19.5 Å². The van der Waals surface area contributed by atoms with Crippen molar-refractivity contribution in [1.82, 2.24) is 10.6 Å². The van der Waals surface area contributed by atoms with Crippen LogP contribution in [0.15, 0.2) is 0 Å². The second kappa shape index (κ2) is 21.4. The smallest absolute Gasteiger partial charge is 0.220 e. The lowest BCUT2D eigenvalue weighted by atomic mass is 10.0. The van der Waals surface area contributed by atoms with Gasteiger partial charge in [-0.3, -0.25) is 10.1 Å². The first-order chi connectivity index (χ1) is 12.3. The quantitative estimate of drug-likeness (QED) is 0.215. The van der Waals surface area contributed by atoms with Gasteiger partial charge in [0, 0.05) is 19.5 Å². The number of hydrogen-bond acceptors (Lipinski definition) is 3. The molecule has 0 aliphatic rings. The van der Waals surface area contributed by atoms with Crippen molar-refractivity contribution in [2.75, 3.05) is 19.8 Å². The number of amides is 1. The van der Waals surface area contributed by atoms with Crippen LogP contribution >= 0.6 is 0 Å². The lowest BCUT2D eigenvalue weighted by Crippen LogP contribution is -2.31. The number of aliphatic hydroxyl groups is 1. The van der Waals surface area contributed by atoms with Crippen molar-refractivity contribution < 1.29 is 9.90 Å². The van der Waals surface area contributed by atoms with Crippen molar-refractivity contribution in [3.05, 3.63) is 0 Å². The zero-order chi connectivity index (χ0) is 18.4. The second-order valence-corrected chi connectivity index (χ2v) is 7.21. The highest BCUT2D eigenvalue weighted by Crippen LogP contribution is 2.13. The van der Waals surface area contributed by atoms with E-state index >= 15 is 0 Å². The molecule has 0 atom stereocenters. The second-order valence-electron chi connectivity index (χ2n) is 7.21. The van der Waals surface area contributed by atoms with Crippen LogP contribution in [0.2, 0.25) is 0 Å². The number of rotatable bonds is 20.